The summed E-state index contributed by atoms with van der Waals surface area (Å²) in [6.07, 6.45) is 2.03. The van der Waals surface area contributed by atoms with Gasteiger partial charge < -0.3 is 0 Å². The molecule has 0 fully saturated rings. The van der Waals surface area contributed by atoms with Crippen LogP contribution < -0.4 is 5.69 Å². The highest BCUT2D eigenvalue weighted by Gasteiger charge is 2.24. The maximum Gasteiger partial charge on any atom is 0.348 e. The van der Waals surface area contributed by atoms with Crippen molar-refractivity contribution in [3.8, 4) is 11.3 Å². The first-order valence-electron chi connectivity index (χ1n) is 6.28. The predicted molar refractivity (Wildman–Crippen MR) is 78.3 cm³/mol. The smallest absolute Gasteiger partial charge is 0.289 e. The monoisotopic (exact) mass is 288 g/mol. The largest absolute Gasteiger partial charge is 0.348 e. The highest BCUT2D eigenvalue weighted by Crippen LogP contribution is 2.39. The van der Waals surface area contributed by atoms with Crippen LogP contribution in [-0.2, 0) is 7.05 Å². The van der Waals surface area contributed by atoms with Gasteiger partial charge in [0.15, 0.2) is 0 Å². The second-order valence-corrected chi connectivity index (χ2v) is 5.63. The van der Waals surface area contributed by atoms with Gasteiger partial charge in [-0.3, -0.25) is 4.57 Å². The van der Waals surface area contributed by atoms with Gasteiger partial charge in [0.1, 0.15) is 5.82 Å². The lowest BCUT2D eigenvalue weighted by Gasteiger charge is -2.22. The van der Waals surface area contributed by atoms with Gasteiger partial charge >= 0.3 is 5.69 Å². The van der Waals surface area contributed by atoms with E-state index >= 15 is 0 Å². The number of benzene rings is 1. The number of nitrogens with zero attached hydrogens (tertiary/aromatic N) is 2. The number of thioether (sulfide) groups is 1. The zero-order valence-electron chi connectivity index (χ0n) is 11.1. The average molecular weight is 288 g/mol. The fourth-order valence-electron chi connectivity index (χ4n) is 2.33. The van der Waals surface area contributed by atoms with Gasteiger partial charge in [0, 0.05) is 24.1 Å². The van der Waals surface area contributed by atoms with Crippen LogP contribution in [0.4, 0.5) is 4.39 Å². The van der Waals surface area contributed by atoms with E-state index in [4.69, 9.17) is 0 Å². The summed E-state index contributed by atoms with van der Waals surface area (Å²) in [6.45, 7) is 2.02. The van der Waals surface area contributed by atoms with E-state index < -0.39 is 0 Å². The van der Waals surface area contributed by atoms with Crippen LogP contribution in [-0.4, -0.2) is 9.55 Å². The molecule has 3 rings (SSSR count). The van der Waals surface area contributed by atoms with Gasteiger partial charge in [0.25, 0.3) is 0 Å². The minimum absolute atomic E-state index is 0.0974. The van der Waals surface area contributed by atoms with E-state index in [2.05, 4.69) is 4.98 Å². The first kappa shape index (κ1) is 13.1. The number of aromatic nitrogens is 2. The Bertz CT molecular complexity index is 767. The predicted octanol–water partition coefficient (Wildman–Crippen LogP) is 3.31. The van der Waals surface area contributed by atoms with Crippen molar-refractivity contribution in [2.24, 2.45) is 7.05 Å². The summed E-state index contributed by atoms with van der Waals surface area (Å²) in [5.41, 5.74) is 1.37. The lowest BCUT2D eigenvalue weighted by Crippen LogP contribution is -2.25. The molecule has 0 saturated heterocycles. The van der Waals surface area contributed by atoms with Crippen molar-refractivity contribution in [3.63, 3.8) is 0 Å². The SMILES string of the molecule is CC1C=CSc2c1c(-c1ccccc1F)nc(=O)n2C. The highest BCUT2D eigenvalue weighted by molar-refractivity contribution is 8.02. The molecule has 1 aliphatic rings. The molecular formula is C15H13FN2OS. The lowest BCUT2D eigenvalue weighted by atomic mass is 9.96. The van der Waals surface area contributed by atoms with Crippen molar-refractivity contribution >= 4 is 11.8 Å². The van der Waals surface area contributed by atoms with Gasteiger partial charge in [-0.1, -0.05) is 36.9 Å². The molecule has 1 unspecified atom stereocenters. The van der Waals surface area contributed by atoms with E-state index in [0.29, 0.717) is 11.3 Å². The number of rotatable bonds is 1. The maximum atomic E-state index is 14.0. The molecular weight excluding hydrogens is 275 g/mol. The molecule has 5 heteroatoms. The minimum Gasteiger partial charge on any atom is -0.289 e. The average Bonchev–Trinajstić information content (AvgIpc) is 2.44. The molecule has 2 aromatic rings. The summed E-state index contributed by atoms with van der Waals surface area (Å²) in [5, 5.41) is 2.79. The third-order valence-electron chi connectivity index (χ3n) is 3.42. The lowest BCUT2D eigenvalue weighted by molar-refractivity contribution is 0.627. The van der Waals surface area contributed by atoms with E-state index in [9.17, 15) is 9.18 Å². The molecule has 2 heterocycles. The molecule has 1 aromatic carbocycles. The Morgan fingerprint density at radius 2 is 2.10 bits per heavy atom. The van der Waals surface area contributed by atoms with Crippen LogP contribution in [0.2, 0.25) is 0 Å². The van der Waals surface area contributed by atoms with Gasteiger partial charge in [0.2, 0.25) is 0 Å². The fraction of sp³-hybridized carbons (Fsp3) is 0.200. The Morgan fingerprint density at radius 1 is 1.35 bits per heavy atom. The molecule has 0 N–H and O–H groups in total. The van der Waals surface area contributed by atoms with Crippen LogP contribution in [0, 0.1) is 5.82 Å². The third kappa shape index (κ3) is 1.98. The molecule has 0 radical (unpaired) electrons. The standard InChI is InChI=1S/C15H13FN2OS/c1-9-7-8-20-14-12(9)13(17-15(19)18(14)2)10-5-3-4-6-11(10)16/h3-9H,1-2H3. The molecule has 1 aliphatic heterocycles. The van der Waals surface area contributed by atoms with Crippen LogP contribution >= 0.6 is 11.8 Å². The summed E-state index contributed by atoms with van der Waals surface area (Å²) in [7, 11) is 1.69. The molecule has 0 bridgehead atoms. The molecule has 3 nitrogen and oxygen atoms in total. The fourth-order valence-corrected chi connectivity index (χ4v) is 3.42. The zero-order chi connectivity index (χ0) is 14.3. The Morgan fingerprint density at radius 3 is 2.85 bits per heavy atom. The minimum atomic E-state index is -0.364. The molecule has 102 valence electrons. The topological polar surface area (TPSA) is 34.9 Å². The molecule has 1 atom stereocenters. The number of hydrogen-bond donors (Lipinski definition) is 0. The van der Waals surface area contributed by atoms with E-state index in [1.165, 1.54) is 22.4 Å². The quantitative estimate of drug-likeness (QED) is 0.755. The molecule has 0 amide bonds. The Labute approximate surface area is 120 Å². The van der Waals surface area contributed by atoms with Crippen molar-refractivity contribution in [1.29, 1.82) is 0 Å². The summed E-state index contributed by atoms with van der Waals surface area (Å²) in [5.74, 6) is -0.262. The first-order valence-corrected chi connectivity index (χ1v) is 7.16. The number of allylic oxidation sites excluding steroid dienone is 1. The summed E-state index contributed by atoms with van der Waals surface area (Å²) in [6, 6.07) is 6.43. The molecule has 0 spiro atoms. The normalized spacial score (nSPS) is 17.1. The van der Waals surface area contributed by atoms with Gasteiger partial charge in [0.05, 0.1) is 10.7 Å². The molecule has 0 aliphatic carbocycles. The van der Waals surface area contributed by atoms with E-state index in [0.717, 1.165) is 10.6 Å². The van der Waals surface area contributed by atoms with E-state index in [1.807, 2.05) is 18.4 Å². The van der Waals surface area contributed by atoms with E-state index in [1.54, 1.807) is 25.2 Å². The van der Waals surface area contributed by atoms with Gasteiger partial charge in [-0.05, 0) is 17.5 Å². The molecule has 1 aromatic heterocycles. The van der Waals surface area contributed by atoms with Crippen molar-refractivity contribution in [1.82, 2.24) is 9.55 Å². The Kier molecular flexibility index (Phi) is 3.22. The van der Waals surface area contributed by atoms with Crippen LogP contribution in [0.25, 0.3) is 11.3 Å². The zero-order valence-corrected chi connectivity index (χ0v) is 11.9. The van der Waals surface area contributed by atoms with Crippen molar-refractivity contribution in [2.75, 3.05) is 0 Å². The van der Waals surface area contributed by atoms with Crippen molar-refractivity contribution < 1.29 is 4.39 Å². The first-order chi connectivity index (χ1) is 9.59. The van der Waals surface area contributed by atoms with Gasteiger partial charge in [-0.25, -0.2) is 9.18 Å². The Balaban J connectivity index is 2.36. The van der Waals surface area contributed by atoms with Crippen LogP contribution in [0.5, 0.6) is 0 Å². The van der Waals surface area contributed by atoms with Gasteiger partial charge in [-0.15, -0.1) is 0 Å². The van der Waals surface area contributed by atoms with E-state index in [-0.39, 0.29) is 17.4 Å². The molecule has 20 heavy (non-hydrogen) atoms. The maximum absolute atomic E-state index is 14.0. The third-order valence-corrected chi connectivity index (χ3v) is 4.43. The van der Waals surface area contributed by atoms with Gasteiger partial charge in [-0.2, -0.15) is 4.98 Å². The summed E-state index contributed by atoms with van der Waals surface area (Å²) in [4.78, 5) is 16.1. The second-order valence-electron chi connectivity index (χ2n) is 4.74. The molecule has 0 saturated carbocycles. The summed E-state index contributed by atoms with van der Waals surface area (Å²) >= 11 is 1.47. The number of hydrogen-bond acceptors (Lipinski definition) is 3. The van der Waals surface area contributed by atoms with Crippen LogP contribution in [0.1, 0.15) is 18.4 Å². The number of fused-ring (bicyclic) bond motifs is 1. The Hall–Kier alpha value is -1.88. The van der Waals surface area contributed by atoms with Crippen molar-refractivity contribution in [2.45, 2.75) is 17.9 Å². The second kappa shape index (κ2) is 4.90. The summed E-state index contributed by atoms with van der Waals surface area (Å²) < 4.78 is 15.5. The number of halogens is 1. The van der Waals surface area contributed by atoms with Crippen molar-refractivity contribution in [3.05, 3.63) is 57.6 Å². The van der Waals surface area contributed by atoms with Crippen LogP contribution in [0.15, 0.2) is 45.6 Å². The van der Waals surface area contributed by atoms with Crippen LogP contribution in [0.3, 0.4) is 0 Å². The highest BCUT2D eigenvalue weighted by atomic mass is 32.2.